The minimum atomic E-state index is -0.642. The van der Waals surface area contributed by atoms with Gasteiger partial charge in [-0.1, -0.05) is 18.5 Å². The van der Waals surface area contributed by atoms with E-state index in [1.807, 2.05) is 13.8 Å². The highest BCUT2D eigenvalue weighted by Crippen LogP contribution is 2.39. The van der Waals surface area contributed by atoms with Crippen LogP contribution < -0.4 is 11.5 Å². The summed E-state index contributed by atoms with van der Waals surface area (Å²) in [7, 11) is 0. The molecule has 7 heteroatoms. The smallest absolute Gasteiger partial charge is 0.253 e. The van der Waals surface area contributed by atoms with Gasteiger partial charge in [0.05, 0.1) is 10.6 Å². The second kappa shape index (κ2) is 5.31. The Labute approximate surface area is 138 Å². The third-order valence-corrected chi connectivity index (χ3v) is 4.41. The summed E-state index contributed by atoms with van der Waals surface area (Å²) in [4.78, 5) is 16.2. The van der Waals surface area contributed by atoms with Gasteiger partial charge in [0, 0.05) is 28.8 Å². The zero-order valence-electron chi connectivity index (χ0n) is 12.8. The molecule has 1 aliphatic rings. The van der Waals surface area contributed by atoms with Crippen LogP contribution in [-0.4, -0.2) is 20.6 Å². The van der Waals surface area contributed by atoms with Crippen LogP contribution in [0.3, 0.4) is 0 Å². The van der Waals surface area contributed by atoms with Crippen molar-refractivity contribution in [3.05, 3.63) is 40.3 Å². The van der Waals surface area contributed by atoms with Crippen molar-refractivity contribution >= 4 is 40.1 Å². The molecule has 120 valence electrons. The number of carbonyl (C=O) groups is 1. The maximum atomic E-state index is 11.9. The molecule has 3 rings (SSSR count). The lowest BCUT2D eigenvalue weighted by molar-refractivity contribution is 0.100. The van der Waals surface area contributed by atoms with Crippen molar-refractivity contribution in [2.45, 2.75) is 20.3 Å². The van der Waals surface area contributed by atoms with E-state index in [2.05, 4.69) is 4.98 Å². The van der Waals surface area contributed by atoms with Crippen LogP contribution in [0.25, 0.3) is 16.7 Å². The van der Waals surface area contributed by atoms with Gasteiger partial charge in [-0.05, 0) is 25.5 Å². The van der Waals surface area contributed by atoms with Gasteiger partial charge in [0.1, 0.15) is 17.2 Å². The molecule has 0 fully saturated rings. The molecule has 0 aromatic carbocycles. The number of rotatable bonds is 2. The van der Waals surface area contributed by atoms with E-state index in [-0.39, 0.29) is 23.1 Å². The zero-order valence-corrected chi connectivity index (χ0v) is 13.6. The molecule has 0 saturated heterocycles. The Morgan fingerprint density at radius 2 is 2.22 bits per heavy atom. The van der Waals surface area contributed by atoms with Crippen LogP contribution in [0.15, 0.2) is 29.7 Å². The molecule has 1 aliphatic carbocycles. The van der Waals surface area contributed by atoms with Gasteiger partial charge in [-0.15, -0.1) is 0 Å². The monoisotopic (exact) mass is 332 g/mol. The lowest BCUT2D eigenvalue weighted by atomic mass is 9.93. The molecule has 2 aromatic heterocycles. The number of allylic oxidation sites excluding steroid dienone is 3. The predicted octanol–water partition coefficient (Wildman–Crippen LogP) is 3.08. The van der Waals surface area contributed by atoms with Crippen molar-refractivity contribution in [2.24, 2.45) is 11.7 Å². The molecule has 0 aliphatic heterocycles. The number of aromatic nitrogens is 2. The summed E-state index contributed by atoms with van der Waals surface area (Å²) in [5, 5.41) is 11.0. The van der Waals surface area contributed by atoms with Gasteiger partial charge in [-0.25, -0.2) is 4.98 Å². The molecule has 0 radical (unpaired) electrons. The number of primary amides is 1. The number of halogens is 1. The first-order valence-electron chi connectivity index (χ1n) is 7.18. The number of anilines is 1. The van der Waals surface area contributed by atoms with E-state index < -0.39 is 5.91 Å². The number of pyridine rings is 1. The van der Waals surface area contributed by atoms with Crippen molar-refractivity contribution in [1.29, 1.82) is 0 Å². The number of nitrogens with zero attached hydrogens (tertiary/aromatic N) is 2. The number of carbonyl (C=O) groups excluding carboxylic acids is 1. The van der Waals surface area contributed by atoms with E-state index in [9.17, 15) is 9.90 Å². The summed E-state index contributed by atoms with van der Waals surface area (Å²) in [5.41, 5.74) is 13.9. The standard InChI is InChI=1S/C16H17ClN4O2/c1-7-3-4-11(22)8(2)13(7)21-14(18)12(15(19)23)10-5-9(17)6-20-16(10)21/h4-7,22H,3,18H2,1-2H3,(H2,19,23). The minimum Gasteiger partial charge on any atom is -0.508 e. The van der Waals surface area contributed by atoms with Gasteiger partial charge in [0.15, 0.2) is 0 Å². The Hall–Kier alpha value is -2.47. The van der Waals surface area contributed by atoms with E-state index in [0.717, 1.165) is 5.70 Å². The molecule has 1 amide bonds. The number of amides is 1. The van der Waals surface area contributed by atoms with Gasteiger partial charge in [0.2, 0.25) is 0 Å². The van der Waals surface area contributed by atoms with Gasteiger partial charge >= 0.3 is 0 Å². The van der Waals surface area contributed by atoms with Crippen LogP contribution in [0.1, 0.15) is 30.6 Å². The molecule has 0 bridgehead atoms. The summed E-state index contributed by atoms with van der Waals surface area (Å²) in [6.07, 6.45) is 3.92. The minimum absolute atomic E-state index is 0.0991. The quantitative estimate of drug-likeness (QED) is 0.785. The molecule has 5 N–H and O–H groups in total. The van der Waals surface area contributed by atoms with Crippen molar-refractivity contribution in [2.75, 3.05) is 5.73 Å². The molecule has 23 heavy (non-hydrogen) atoms. The Balaban J connectivity index is 2.43. The Kier molecular flexibility index (Phi) is 3.56. The molecular formula is C16H17ClN4O2. The number of aliphatic hydroxyl groups is 1. The van der Waals surface area contributed by atoms with Crippen LogP contribution in [0, 0.1) is 5.92 Å². The molecule has 0 saturated carbocycles. The fourth-order valence-corrected chi connectivity index (χ4v) is 3.26. The predicted molar refractivity (Wildman–Crippen MR) is 91.1 cm³/mol. The highest BCUT2D eigenvalue weighted by molar-refractivity contribution is 6.31. The zero-order chi connectivity index (χ0) is 16.9. The topological polar surface area (TPSA) is 107 Å². The number of nitrogens with two attached hydrogens (primary N) is 2. The average Bonchev–Trinajstić information content (AvgIpc) is 2.75. The van der Waals surface area contributed by atoms with Gasteiger partial charge < -0.3 is 16.6 Å². The lowest BCUT2D eigenvalue weighted by Crippen LogP contribution is -2.17. The largest absolute Gasteiger partial charge is 0.508 e. The fraction of sp³-hybridized carbons (Fsp3) is 0.250. The number of nitrogen functional groups attached to an aromatic ring is 1. The van der Waals surface area contributed by atoms with Crippen LogP contribution >= 0.6 is 11.6 Å². The molecule has 6 nitrogen and oxygen atoms in total. The Morgan fingerprint density at radius 1 is 1.52 bits per heavy atom. The highest BCUT2D eigenvalue weighted by atomic mass is 35.5. The molecule has 0 spiro atoms. The van der Waals surface area contributed by atoms with Crippen LogP contribution in [0.2, 0.25) is 5.02 Å². The third-order valence-electron chi connectivity index (χ3n) is 4.20. The first-order chi connectivity index (χ1) is 10.8. The van der Waals surface area contributed by atoms with E-state index >= 15 is 0 Å². The lowest BCUT2D eigenvalue weighted by Gasteiger charge is -2.24. The normalized spacial score (nSPS) is 18.4. The SMILES string of the molecule is CC1=C(n2c(N)c(C(N)=O)c3cc(Cl)cnc32)C(C)CC=C1O. The van der Waals surface area contributed by atoms with E-state index in [4.69, 9.17) is 23.1 Å². The second-order valence-corrected chi connectivity index (χ2v) is 6.16. The van der Waals surface area contributed by atoms with Crippen molar-refractivity contribution in [3.63, 3.8) is 0 Å². The Bertz CT molecular complexity index is 895. The number of aliphatic hydroxyl groups excluding tert-OH is 1. The molecule has 2 aromatic rings. The van der Waals surface area contributed by atoms with E-state index in [1.54, 1.807) is 16.7 Å². The summed E-state index contributed by atoms with van der Waals surface area (Å²) in [5.74, 6) is -0.133. The fourth-order valence-electron chi connectivity index (χ4n) is 3.10. The molecule has 1 atom stereocenters. The van der Waals surface area contributed by atoms with Crippen molar-refractivity contribution in [1.82, 2.24) is 9.55 Å². The third kappa shape index (κ3) is 2.26. The average molecular weight is 333 g/mol. The van der Waals surface area contributed by atoms with Gasteiger partial charge in [0.25, 0.3) is 5.91 Å². The van der Waals surface area contributed by atoms with E-state index in [0.29, 0.717) is 28.0 Å². The Morgan fingerprint density at radius 3 is 2.87 bits per heavy atom. The molecule has 1 unspecified atom stereocenters. The number of hydrogen-bond acceptors (Lipinski definition) is 4. The highest BCUT2D eigenvalue weighted by Gasteiger charge is 2.27. The number of fused-ring (bicyclic) bond motifs is 1. The molecule has 2 heterocycles. The number of hydrogen-bond donors (Lipinski definition) is 3. The maximum Gasteiger partial charge on any atom is 0.253 e. The van der Waals surface area contributed by atoms with E-state index in [1.165, 1.54) is 6.20 Å². The van der Waals surface area contributed by atoms with Crippen molar-refractivity contribution < 1.29 is 9.90 Å². The molecular weight excluding hydrogens is 316 g/mol. The first kappa shape index (κ1) is 15.4. The first-order valence-corrected chi connectivity index (χ1v) is 7.56. The van der Waals surface area contributed by atoms with Crippen LogP contribution in [0.4, 0.5) is 5.82 Å². The van der Waals surface area contributed by atoms with Crippen molar-refractivity contribution in [3.8, 4) is 0 Å². The van der Waals surface area contributed by atoms with Crippen LogP contribution in [-0.2, 0) is 0 Å². The van der Waals surface area contributed by atoms with Crippen LogP contribution in [0.5, 0.6) is 0 Å². The van der Waals surface area contributed by atoms with Gasteiger partial charge in [-0.3, -0.25) is 9.36 Å². The van der Waals surface area contributed by atoms with Gasteiger partial charge in [-0.2, -0.15) is 0 Å². The summed E-state index contributed by atoms with van der Waals surface area (Å²) in [6, 6.07) is 1.62. The maximum absolute atomic E-state index is 11.9. The summed E-state index contributed by atoms with van der Waals surface area (Å²) >= 11 is 6.00. The summed E-state index contributed by atoms with van der Waals surface area (Å²) in [6.45, 7) is 3.83. The second-order valence-electron chi connectivity index (χ2n) is 5.72. The summed E-state index contributed by atoms with van der Waals surface area (Å²) < 4.78 is 1.69.